The smallest absolute Gasteiger partial charge is 0.337 e. The molecule has 0 saturated carbocycles. The van der Waals surface area contributed by atoms with Crippen molar-refractivity contribution in [2.45, 2.75) is 6.54 Å². The number of esters is 2. The number of nitrogens with zero attached hydrogens (tertiary/aromatic N) is 3. The summed E-state index contributed by atoms with van der Waals surface area (Å²) in [5.74, 6) is -1.76. The van der Waals surface area contributed by atoms with Crippen molar-refractivity contribution >= 4 is 55.7 Å². The molecule has 29 heavy (non-hydrogen) atoms. The molecule has 12 heteroatoms. The van der Waals surface area contributed by atoms with Crippen LogP contribution in [0.5, 0.6) is 0 Å². The van der Waals surface area contributed by atoms with Gasteiger partial charge in [0.2, 0.25) is 0 Å². The summed E-state index contributed by atoms with van der Waals surface area (Å²) in [6.07, 6.45) is 0. The number of thiazole rings is 1. The summed E-state index contributed by atoms with van der Waals surface area (Å²) in [6, 6.07) is 7.26. The maximum absolute atomic E-state index is 12.5. The van der Waals surface area contributed by atoms with E-state index in [1.807, 2.05) is 0 Å². The Labute approximate surface area is 170 Å². The van der Waals surface area contributed by atoms with Gasteiger partial charge in [-0.2, -0.15) is 4.99 Å². The lowest BCUT2D eigenvalue weighted by Gasteiger charge is -2.04. The average Bonchev–Trinajstić information content (AvgIpc) is 3.32. The fraction of sp³-hybridized carbons (Fsp3) is 0.176. The molecule has 0 fully saturated rings. The van der Waals surface area contributed by atoms with Gasteiger partial charge in [-0.15, -0.1) is 0 Å². The van der Waals surface area contributed by atoms with E-state index in [0.29, 0.717) is 27.1 Å². The van der Waals surface area contributed by atoms with Crippen LogP contribution in [0, 0.1) is 10.1 Å². The van der Waals surface area contributed by atoms with Crippen LogP contribution in [-0.4, -0.2) is 41.6 Å². The number of carbonyl (C=O) groups excluding carboxylic acids is 3. The monoisotopic (exact) mass is 435 g/mol. The minimum Gasteiger partial charge on any atom is -0.468 e. The molecule has 2 heterocycles. The molecule has 0 saturated heterocycles. The molecule has 0 spiro atoms. The highest BCUT2D eigenvalue weighted by molar-refractivity contribution is 7.17. The highest BCUT2D eigenvalue weighted by Gasteiger charge is 2.17. The van der Waals surface area contributed by atoms with Crippen molar-refractivity contribution in [3.63, 3.8) is 0 Å². The molecule has 150 valence electrons. The van der Waals surface area contributed by atoms with Gasteiger partial charge in [0, 0.05) is 6.07 Å². The van der Waals surface area contributed by atoms with Gasteiger partial charge < -0.3 is 14.0 Å². The molecule has 0 aliphatic rings. The molecule has 1 aromatic carbocycles. The molecule has 0 aliphatic heterocycles. The SMILES string of the molecule is COC(=O)Cn1c(=NC(=O)c2ccc([N+](=O)[O-])s2)sc2cc(C(=O)OC)ccc21. The minimum atomic E-state index is -0.679. The molecule has 0 aliphatic carbocycles. The van der Waals surface area contributed by atoms with E-state index in [9.17, 15) is 24.5 Å². The number of hydrogen-bond donors (Lipinski definition) is 0. The third kappa shape index (κ3) is 4.22. The standard InChI is InChI=1S/C17H13N3O7S2/c1-26-14(21)8-19-10-4-3-9(16(23)27-2)7-12(10)29-17(19)18-15(22)11-5-6-13(28-11)20(24)25/h3-7H,8H2,1-2H3. The topological polar surface area (TPSA) is 130 Å². The fourth-order valence-electron chi connectivity index (χ4n) is 2.43. The van der Waals surface area contributed by atoms with Crippen LogP contribution in [0.2, 0.25) is 0 Å². The summed E-state index contributed by atoms with van der Waals surface area (Å²) in [5.41, 5.74) is 0.870. The first kappa shape index (κ1) is 20.4. The third-order valence-electron chi connectivity index (χ3n) is 3.80. The van der Waals surface area contributed by atoms with Crippen molar-refractivity contribution in [2.75, 3.05) is 14.2 Å². The number of nitro groups is 1. The lowest BCUT2D eigenvalue weighted by molar-refractivity contribution is -0.380. The summed E-state index contributed by atoms with van der Waals surface area (Å²) in [4.78, 5) is 50.6. The predicted molar refractivity (Wildman–Crippen MR) is 104 cm³/mol. The highest BCUT2D eigenvalue weighted by atomic mass is 32.1. The molecule has 0 bridgehead atoms. The molecule has 3 aromatic rings. The second kappa shape index (κ2) is 8.32. The molecule has 0 atom stereocenters. The number of methoxy groups -OCH3 is 2. The van der Waals surface area contributed by atoms with Crippen molar-refractivity contribution in [2.24, 2.45) is 4.99 Å². The number of aromatic nitrogens is 1. The molecular weight excluding hydrogens is 422 g/mol. The maximum Gasteiger partial charge on any atom is 0.337 e. The third-order valence-corrected chi connectivity index (χ3v) is 5.86. The van der Waals surface area contributed by atoms with E-state index in [4.69, 9.17) is 9.47 Å². The minimum absolute atomic E-state index is 0.0917. The van der Waals surface area contributed by atoms with E-state index in [1.54, 1.807) is 12.1 Å². The first-order valence-corrected chi connectivity index (χ1v) is 9.59. The van der Waals surface area contributed by atoms with Crippen molar-refractivity contribution in [1.82, 2.24) is 4.57 Å². The second-order valence-corrected chi connectivity index (χ2v) is 7.60. The molecule has 1 amide bonds. The van der Waals surface area contributed by atoms with Crippen LogP contribution >= 0.6 is 22.7 Å². The normalized spacial score (nSPS) is 11.4. The Hall–Kier alpha value is -3.38. The lowest BCUT2D eigenvalue weighted by atomic mass is 10.2. The van der Waals surface area contributed by atoms with Crippen LogP contribution in [0.25, 0.3) is 10.2 Å². The number of amides is 1. The van der Waals surface area contributed by atoms with Crippen LogP contribution in [0.4, 0.5) is 5.00 Å². The van der Waals surface area contributed by atoms with Crippen LogP contribution in [0.1, 0.15) is 20.0 Å². The van der Waals surface area contributed by atoms with Gasteiger partial charge in [-0.1, -0.05) is 22.7 Å². The fourth-order valence-corrected chi connectivity index (χ4v) is 4.20. The zero-order valence-corrected chi connectivity index (χ0v) is 16.7. The van der Waals surface area contributed by atoms with Crippen molar-refractivity contribution < 1.29 is 28.8 Å². The number of hydrogen-bond acceptors (Lipinski definition) is 9. The quantitative estimate of drug-likeness (QED) is 0.342. The Morgan fingerprint density at radius 1 is 1.14 bits per heavy atom. The van der Waals surface area contributed by atoms with Gasteiger partial charge in [0.1, 0.15) is 11.4 Å². The highest BCUT2D eigenvalue weighted by Crippen LogP contribution is 2.25. The number of fused-ring (bicyclic) bond motifs is 1. The number of carbonyl (C=O) groups is 3. The first-order valence-electron chi connectivity index (χ1n) is 7.96. The Morgan fingerprint density at radius 2 is 1.90 bits per heavy atom. The maximum atomic E-state index is 12.5. The van der Waals surface area contributed by atoms with Gasteiger partial charge in [0.25, 0.3) is 5.91 Å². The van der Waals surface area contributed by atoms with Gasteiger partial charge in [0.15, 0.2) is 4.80 Å². The Morgan fingerprint density at radius 3 is 2.52 bits per heavy atom. The van der Waals surface area contributed by atoms with Crippen molar-refractivity contribution in [3.05, 3.63) is 55.7 Å². The largest absolute Gasteiger partial charge is 0.468 e. The van der Waals surface area contributed by atoms with Crippen LogP contribution < -0.4 is 4.80 Å². The zero-order chi connectivity index (χ0) is 21.1. The van der Waals surface area contributed by atoms with Crippen molar-refractivity contribution in [1.29, 1.82) is 0 Å². The van der Waals surface area contributed by atoms with E-state index >= 15 is 0 Å². The summed E-state index contributed by atoms with van der Waals surface area (Å²) in [7, 11) is 2.50. The molecule has 0 unspecified atom stereocenters. The predicted octanol–water partition coefficient (Wildman–Crippen LogP) is 2.37. The van der Waals surface area contributed by atoms with E-state index in [1.165, 1.54) is 37.0 Å². The second-order valence-electron chi connectivity index (χ2n) is 5.53. The van der Waals surface area contributed by atoms with Gasteiger partial charge in [-0.25, -0.2) is 4.79 Å². The first-order chi connectivity index (χ1) is 13.8. The summed E-state index contributed by atoms with van der Waals surface area (Å²) in [5, 5.41) is 10.6. The van der Waals surface area contributed by atoms with Crippen LogP contribution in [0.3, 0.4) is 0 Å². The molecule has 10 nitrogen and oxygen atoms in total. The lowest BCUT2D eigenvalue weighted by Crippen LogP contribution is -2.22. The number of rotatable bonds is 5. The van der Waals surface area contributed by atoms with Gasteiger partial charge in [-0.3, -0.25) is 19.7 Å². The Kier molecular flexibility index (Phi) is 5.84. The van der Waals surface area contributed by atoms with Crippen LogP contribution in [-0.2, 0) is 20.8 Å². The molecule has 0 radical (unpaired) electrons. The molecule has 2 aromatic heterocycles. The Balaban J connectivity index is 2.12. The summed E-state index contributed by atoms with van der Waals surface area (Å²) in [6.45, 7) is -0.204. The summed E-state index contributed by atoms with van der Waals surface area (Å²) < 4.78 is 11.5. The molecular formula is C17H13N3O7S2. The molecule has 0 N–H and O–H groups in total. The van der Waals surface area contributed by atoms with E-state index in [0.717, 1.165) is 11.3 Å². The average molecular weight is 435 g/mol. The van der Waals surface area contributed by atoms with Gasteiger partial charge in [0.05, 0.1) is 34.9 Å². The van der Waals surface area contributed by atoms with Crippen molar-refractivity contribution in [3.8, 4) is 0 Å². The number of ether oxygens (including phenoxy) is 2. The summed E-state index contributed by atoms with van der Waals surface area (Å²) >= 11 is 1.79. The molecule has 3 rings (SSSR count). The van der Waals surface area contributed by atoms with Gasteiger partial charge in [-0.05, 0) is 24.3 Å². The number of thiophene rings is 1. The van der Waals surface area contributed by atoms with E-state index in [2.05, 4.69) is 4.99 Å². The number of benzene rings is 1. The van der Waals surface area contributed by atoms with E-state index in [-0.39, 0.29) is 21.2 Å². The Bertz CT molecular complexity index is 1210. The van der Waals surface area contributed by atoms with Gasteiger partial charge >= 0.3 is 16.9 Å². The zero-order valence-electron chi connectivity index (χ0n) is 15.1. The van der Waals surface area contributed by atoms with Crippen LogP contribution in [0.15, 0.2) is 35.3 Å². The van der Waals surface area contributed by atoms with E-state index < -0.39 is 22.8 Å².